The summed E-state index contributed by atoms with van der Waals surface area (Å²) in [6.07, 6.45) is -6.97. The number of rotatable bonds is 3. The van der Waals surface area contributed by atoms with Gasteiger partial charge in [0.2, 0.25) is 0 Å². The van der Waals surface area contributed by atoms with Crippen molar-refractivity contribution in [2.24, 2.45) is 5.73 Å². The predicted octanol–water partition coefficient (Wildman–Crippen LogP) is 0.267. The molecule has 5 atom stereocenters. The van der Waals surface area contributed by atoms with Gasteiger partial charge >= 0.3 is 6.18 Å². The molecule has 5 unspecified atom stereocenters. The Hall–Kier alpha value is -0.910. The van der Waals surface area contributed by atoms with Gasteiger partial charge in [-0.2, -0.15) is 13.2 Å². The molecule has 0 radical (unpaired) electrons. The molecule has 2 rings (SSSR count). The second-order valence-corrected chi connectivity index (χ2v) is 6.41. The largest absolute Gasteiger partial charge is 0.433 e. The number of thioether (sulfide) groups is 1. The van der Waals surface area contributed by atoms with Crippen molar-refractivity contribution in [2.75, 3.05) is 6.61 Å². The molecule has 130 valence electrons. The molecule has 1 saturated heterocycles. The molecule has 0 saturated carbocycles. The minimum atomic E-state index is -4.54. The monoisotopic (exact) mass is 354 g/mol. The van der Waals surface area contributed by atoms with Crippen molar-refractivity contribution >= 4 is 11.8 Å². The summed E-state index contributed by atoms with van der Waals surface area (Å²) in [5.74, 6) is 0. The van der Waals surface area contributed by atoms with E-state index in [0.717, 1.165) is 18.0 Å². The number of aromatic nitrogens is 1. The van der Waals surface area contributed by atoms with Crippen molar-refractivity contribution in [1.82, 2.24) is 4.98 Å². The van der Waals surface area contributed by atoms with Crippen LogP contribution in [0.25, 0.3) is 0 Å². The molecule has 1 aliphatic rings. The number of halogens is 3. The van der Waals surface area contributed by atoms with Crippen molar-refractivity contribution in [1.29, 1.82) is 0 Å². The number of nitrogens with two attached hydrogens (primary N) is 1. The van der Waals surface area contributed by atoms with E-state index in [2.05, 4.69) is 4.98 Å². The van der Waals surface area contributed by atoms with E-state index in [4.69, 9.17) is 15.6 Å². The van der Waals surface area contributed by atoms with Crippen molar-refractivity contribution in [3.8, 4) is 0 Å². The third-order valence-electron chi connectivity index (χ3n) is 3.51. The van der Waals surface area contributed by atoms with Gasteiger partial charge in [0.1, 0.15) is 29.4 Å². The van der Waals surface area contributed by atoms with Gasteiger partial charge in [-0.25, -0.2) is 0 Å². The SMILES string of the molecule is Cc1cc(SC2OC(CO)C(O)C(N)C2O)cnc1C(F)(F)F. The zero-order chi connectivity index (χ0) is 17.4. The molecule has 1 fully saturated rings. The van der Waals surface area contributed by atoms with Crippen LogP contribution in [-0.2, 0) is 10.9 Å². The number of aryl methyl sites for hydroxylation is 1. The van der Waals surface area contributed by atoms with Crippen LogP contribution in [0.4, 0.5) is 13.2 Å². The van der Waals surface area contributed by atoms with Gasteiger partial charge in [-0.1, -0.05) is 11.8 Å². The molecule has 5 N–H and O–H groups in total. The smallest absolute Gasteiger partial charge is 0.394 e. The third-order valence-corrected chi connectivity index (χ3v) is 4.63. The molecule has 0 spiro atoms. The quantitative estimate of drug-likeness (QED) is 0.617. The molecule has 0 aromatic carbocycles. The number of ether oxygens (including phenoxy) is 1. The van der Waals surface area contributed by atoms with Crippen LogP contribution in [-0.4, -0.2) is 56.7 Å². The highest BCUT2D eigenvalue weighted by Gasteiger charge is 2.43. The van der Waals surface area contributed by atoms with Crippen LogP contribution in [0.3, 0.4) is 0 Å². The average Bonchev–Trinajstić information content (AvgIpc) is 2.46. The van der Waals surface area contributed by atoms with E-state index < -0.39 is 48.3 Å². The lowest BCUT2D eigenvalue weighted by atomic mass is 9.98. The van der Waals surface area contributed by atoms with Gasteiger partial charge < -0.3 is 25.8 Å². The van der Waals surface area contributed by atoms with Crippen LogP contribution >= 0.6 is 11.8 Å². The maximum absolute atomic E-state index is 12.7. The molecule has 1 aromatic rings. The van der Waals surface area contributed by atoms with Gasteiger partial charge in [-0.05, 0) is 18.6 Å². The maximum atomic E-state index is 12.7. The first-order valence-corrected chi connectivity index (χ1v) is 7.61. The van der Waals surface area contributed by atoms with E-state index in [9.17, 15) is 23.4 Å². The third kappa shape index (κ3) is 3.95. The number of aliphatic hydroxyl groups excluding tert-OH is 3. The van der Waals surface area contributed by atoms with Gasteiger partial charge in [0.05, 0.1) is 12.6 Å². The second-order valence-electron chi connectivity index (χ2n) is 5.24. The molecule has 6 nitrogen and oxygen atoms in total. The molecule has 1 aromatic heterocycles. The van der Waals surface area contributed by atoms with E-state index in [0.29, 0.717) is 4.90 Å². The Morgan fingerprint density at radius 3 is 2.52 bits per heavy atom. The number of nitrogens with zero attached hydrogens (tertiary/aromatic N) is 1. The van der Waals surface area contributed by atoms with Gasteiger partial charge in [0.25, 0.3) is 0 Å². The van der Waals surface area contributed by atoms with Crippen LogP contribution in [0.15, 0.2) is 17.2 Å². The van der Waals surface area contributed by atoms with Gasteiger partial charge in [-0.15, -0.1) is 0 Å². The van der Waals surface area contributed by atoms with Crippen molar-refractivity contribution in [2.45, 2.75) is 47.8 Å². The number of alkyl halides is 3. The summed E-state index contributed by atoms with van der Waals surface area (Å²) in [6.45, 7) is 0.785. The normalized spacial score (nSPS) is 32.1. The van der Waals surface area contributed by atoms with Crippen molar-refractivity contribution in [3.63, 3.8) is 0 Å². The number of aliphatic hydroxyl groups is 3. The van der Waals surface area contributed by atoms with E-state index in [1.54, 1.807) is 0 Å². The fourth-order valence-corrected chi connectivity index (χ4v) is 3.40. The first-order chi connectivity index (χ1) is 10.6. The first kappa shape index (κ1) is 18.4. The van der Waals surface area contributed by atoms with Crippen LogP contribution in [0.2, 0.25) is 0 Å². The molecule has 23 heavy (non-hydrogen) atoms. The van der Waals surface area contributed by atoms with Gasteiger partial charge in [-0.3, -0.25) is 4.98 Å². The Morgan fingerprint density at radius 2 is 2.00 bits per heavy atom. The predicted molar refractivity (Wildman–Crippen MR) is 75.6 cm³/mol. The zero-order valence-electron chi connectivity index (χ0n) is 12.1. The number of pyridine rings is 1. The minimum Gasteiger partial charge on any atom is -0.394 e. The highest BCUT2D eigenvalue weighted by Crippen LogP contribution is 2.35. The van der Waals surface area contributed by atoms with Crippen molar-refractivity contribution < 1.29 is 33.2 Å². The lowest BCUT2D eigenvalue weighted by molar-refractivity contribution is -0.160. The molecule has 0 bridgehead atoms. The summed E-state index contributed by atoms with van der Waals surface area (Å²) in [5, 5.41) is 28.9. The van der Waals surface area contributed by atoms with E-state index in [1.165, 1.54) is 13.0 Å². The summed E-state index contributed by atoms with van der Waals surface area (Å²) in [4.78, 5) is 3.75. The topological polar surface area (TPSA) is 109 Å². The standard InChI is InChI=1S/C13H17F3N2O4S/c1-5-2-6(3-18-11(5)13(14,15)16)23-12-10(21)8(17)9(20)7(4-19)22-12/h2-3,7-10,12,19-21H,4,17H2,1H3. The fraction of sp³-hybridized carbons (Fsp3) is 0.615. The first-order valence-electron chi connectivity index (χ1n) is 6.73. The Labute approximate surface area is 134 Å². The summed E-state index contributed by atoms with van der Waals surface area (Å²) in [7, 11) is 0. The maximum Gasteiger partial charge on any atom is 0.433 e. The summed E-state index contributed by atoms with van der Waals surface area (Å²) in [5.41, 5.74) is 3.69. The Morgan fingerprint density at radius 1 is 1.35 bits per heavy atom. The minimum absolute atomic E-state index is 0.0594. The van der Waals surface area contributed by atoms with E-state index in [-0.39, 0.29) is 5.56 Å². The molecule has 2 heterocycles. The highest BCUT2D eigenvalue weighted by atomic mass is 32.2. The van der Waals surface area contributed by atoms with Crippen molar-refractivity contribution in [3.05, 3.63) is 23.5 Å². The van der Waals surface area contributed by atoms with E-state index in [1.807, 2.05) is 0 Å². The lowest BCUT2D eigenvalue weighted by Crippen LogP contribution is -2.61. The van der Waals surface area contributed by atoms with E-state index >= 15 is 0 Å². The Bertz CT molecular complexity index is 559. The molecule has 1 aliphatic heterocycles. The molecule has 0 amide bonds. The Balaban J connectivity index is 2.17. The average molecular weight is 354 g/mol. The Kier molecular flexibility index (Phi) is 5.54. The number of hydrogen-bond acceptors (Lipinski definition) is 7. The van der Waals surface area contributed by atoms with Crippen LogP contribution in [0.1, 0.15) is 11.3 Å². The second kappa shape index (κ2) is 6.91. The van der Waals surface area contributed by atoms with Gasteiger partial charge in [0.15, 0.2) is 0 Å². The molecular weight excluding hydrogens is 337 g/mol. The van der Waals surface area contributed by atoms with Crippen LogP contribution in [0.5, 0.6) is 0 Å². The van der Waals surface area contributed by atoms with Crippen LogP contribution in [0, 0.1) is 6.92 Å². The number of hydrogen-bond donors (Lipinski definition) is 4. The summed E-state index contributed by atoms with van der Waals surface area (Å²) >= 11 is 0.927. The van der Waals surface area contributed by atoms with Crippen LogP contribution < -0.4 is 5.73 Å². The highest BCUT2D eigenvalue weighted by molar-refractivity contribution is 7.99. The lowest BCUT2D eigenvalue weighted by Gasteiger charge is -2.40. The molecular formula is C13H17F3N2O4S. The summed E-state index contributed by atoms with van der Waals surface area (Å²) in [6, 6.07) is 0.239. The fourth-order valence-electron chi connectivity index (χ4n) is 2.26. The zero-order valence-corrected chi connectivity index (χ0v) is 12.9. The molecule has 0 aliphatic carbocycles. The molecule has 10 heteroatoms. The van der Waals surface area contributed by atoms with Gasteiger partial charge in [0, 0.05) is 11.1 Å². The summed E-state index contributed by atoms with van der Waals surface area (Å²) < 4.78 is 43.4.